The average molecular weight is 298 g/mol. The first-order chi connectivity index (χ1) is 6.71. The molecule has 1 aliphatic heterocycles. The van der Waals surface area contributed by atoms with E-state index in [-0.39, 0.29) is 5.54 Å². The highest BCUT2D eigenvalue weighted by atomic mass is 127. The lowest BCUT2D eigenvalue weighted by Gasteiger charge is -2.25. The predicted molar refractivity (Wildman–Crippen MR) is 67.5 cm³/mol. The molecule has 1 heterocycles. The van der Waals surface area contributed by atoms with E-state index in [1.54, 1.807) is 6.34 Å². The molecule has 0 spiro atoms. The Morgan fingerprint density at radius 1 is 1.29 bits per heavy atom. The Balaban J connectivity index is 2.42. The Morgan fingerprint density at radius 2 is 2.00 bits per heavy atom. The Hall–Kier alpha value is -0.840. The first-order valence-corrected chi connectivity index (χ1v) is 5.53. The minimum absolute atomic E-state index is 0.219. The number of aliphatic imine (C=N–C) groups is 1. The van der Waals surface area contributed by atoms with Gasteiger partial charge in [0.05, 0.1) is 10.0 Å². The van der Waals surface area contributed by atoms with Gasteiger partial charge in [0.25, 0.3) is 0 Å². The minimum Gasteiger partial charge on any atom is -0.342 e. The monoisotopic (exact) mass is 298 g/mol. The predicted octanol–water partition coefficient (Wildman–Crippen LogP) is 2.81. The number of benzene rings is 1. The molecule has 0 saturated heterocycles. The smallest absolute Gasteiger partial charge is 0.105 e. The molecule has 1 N–H and O–H groups in total. The van der Waals surface area contributed by atoms with Crippen LogP contribution in [0.25, 0.3) is 0 Å². The first-order valence-electron chi connectivity index (χ1n) is 4.45. The standard InChI is InChI=1S/C11H11IN2/c1-11(7-10(12)13-8-14-11)9-5-3-2-4-6-9/h2-8H,1H3,(H,13,14)/t11-/m1/s1. The Labute approximate surface area is 97.3 Å². The van der Waals surface area contributed by atoms with Gasteiger partial charge in [0.15, 0.2) is 0 Å². The summed E-state index contributed by atoms with van der Waals surface area (Å²) in [6.45, 7) is 2.11. The van der Waals surface area contributed by atoms with Crippen molar-refractivity contribution in [2.45, 2.75) is 12.5 Å². The normalized spacial score (nSPS) is 25.4. The molecule has 1 aromatic rings. The zero-order valence-corrected chi connectivity index (χ0v) is 10.0. The van der Waals surface area contributed by atoms with Crippen LogP contribution >= 0.6 is 22.6 Å². The highest BCUT2D eigenvalue weighted by molar-refractivity contribution is 14.1. The van der Waals surface area contributed by atoms with Crippen molar-refractivity contribution >= 4 is 28.9 Å². The van der Waals surface area contributed by atoms with Crippen LogP contribution in [0.2, 0.25) is 0 Å². The third-order valence-corrected chi connectivity index (χ3v) is 2.92. The molecule has 0 unspecified atom stereocenters. The van der Waals surface area contributed by atoms with E-state index in [2.05, 4.69) is 58.0 Å². The van der Waals surface area contributed by atoms with Crippen LogP contribution in [0.15, 0.2) is 45.1 Å². The van der Waals surface area contributed by atoms with E-state index in [1.165, 1.54) is 5.56 Å². The fourth-order valence-corrected chi connectivity index (χ4v) is 2.23. The Bertz CT molecular complexity index is 384. The van der Waals surface area contributed by atoms with Crippen LogP contribution < -0.4 is 5.32 Å². The van der Waals surface area contributed by atoms with Crippen molar-refractivity contribution in [2.24, 2.45) is 4.99 Å². The third-order valence-electron chi connectivity index (χ3n) is 2.30. The summed E-state index contributed by atoms with van der Waals surface area (Å²) in [5.41, 5.74) is 0.996. The molecule has 1 atom stereocenters. The summed E-state index contributed by atoms with van der Waals surface area (Å²) in [4.78, 5) is 4.46. The summed E-state index contributed by atoms with van der Waals surface area (Å²) >= 11 is 2.27. The second-order valence-corrected chi connectivity index (χ2v) is 4.57. The molecule has 0 aliphatic carbocycles. The molecule has 0 radical (unpaired) electrons. The molecule has 0 aromatic heterocycles. The van der Waals surface area contributed by atoms with E-state index in [9.17, 15) is 0 Å². The van der Waals surface area contributed by atoms with Crippen LogP contribution in [0.1, 0.15) is 12.5 Å². The minimum atomic E-state index is -0.219. The summed E-state index contributed by atoms with van der Waals surface area (Å²) in [5, 5.41) is 3.06. The molecule has 1 aromatic carbocycles. The van der Waals surface area contributed by atoms with E-state index >= 15 is 0 Å². The van der Waals surface area contributed by atoms with E-state index in [0.717, 1.165) is 3.70 Å². The van der Waals surface area contributed by atoms with Gasteiger partial charge in [-0.05, 0) is 41.2 Å². The van der Waals surface area contributed by atoms with Gasteiger partial charge in [-0.15, -0.1) is 0 Å². The van der Waals surface area contributed by atoms with E-state index in [0.29, 0.717) is 0 Å². The van der Waals surface area contributed by atoms with Crippen LogP contribution in [0.4, 0.5) is 0 Å². The quantitative estimate of drug-likeness (QED) is 0.626. The molecule has 72 valence electrons. The largest absolute Gasteiger partial charge is 0.342 e. The van der Waals surface area contributed by atoms with Crippen LogP contribution in [-0.2, 0) is 5.54 Å². The molecule has 0 amide bonds. The highest BCUT2D eigenvalue weighted by Gasteiger charge is 2.24. The van der Waals surface area contributed by atoms with E-state index < -0.39 is 0 Å². The molecule has 14 heavy (non-hydrogen) atoms. The molecule has 3 heteroatoms. The van der Waals surface area contributed by atoms with Crippen LogP contribution in [-0.4, -0.2) is 6.34 Å². The van der Waals surface area contributed by atoms with Crippen LogP contribution in [0.5, 0.6) is 0 Å². The third kappa shape index (κ3) is 1.82. The zero-order valence-electron chi connectivity index (χ0n) is 7.87. The molecule has 0 fully saturated rings. The van der Waals surface area contributed by atoms with Crippen molar-refractivity contribution in [1.29, 1.82) is 0 Å². The second-order valence-electron chi connectivity index (χ2n) is 3.41. The van der Waals surface area contributed by atoms with Crippen LogP contribution in [0, 0.1) is 0 Å². The molecule has 1 aliphatic rings. The summed E-state index contributed by atoms with van der Waals surface area (Å²) in [7, 11) is 0. The van der Waals surface area contributed by atoms with Crippen molar-refractivity contribution in [2.75, 3.05) is 0 Å². The fraction of sp³-hybridized carbons (Fsp3) is 0.182. The van der Waals surface area contributed by atoms with Crippen molar-refractivity contribution in [3.05, 3.63) is 45.7 Å². The number of hydrogen-bond donors (Lipinski definition) is 1. The maximum absolute atomic E-state index is 4.46. The number of hydrogen-bond acceptors (Lipinski definition) is 2. The number of nitrogens with one attached hydrogen (secondary N) is 1. The molecule has 0 saturated carbocycles. The Morgan fingerprint density at radius 3 is 2.64 bits per heavy atom. The maximum Gasteiger partial charge on any atom is 0.105 e. The summed E-state index contributed by atoms with van der Waals surface area (Å²) in [6.07, 6.45) is 3.89. The van der Waals surface area contributed by atoms with Crippen molar-refractivity contribution < 1.29 is 0 Å². The van der Waals surface area contributed by atoms with Gasteiger partial charge in [0.2, 0.25) is 0 Å². The maximum atomic E-state index is 4.46. The van der Waals surface area contributed by atoms with E-state index in [4.69, 9.17) is 0 Å². The zero-order chi connectivity index (χ0) is 10.0. The second kappa shape index (κ2) is 3.73. The summed E-state index contributed by atoms with van der Waals surface area (Å²) in [6, 6.07) is 10.3. The molecular weight excluding hydrogens is 287 g/mol. The number of nitrogens with zero attached hydrogens (tertiary/aromatic N) is 1. The van der Waals surface area contributed by atoms with Gasteiger partial charge in [0, 0.05) is 0 Å². The molecule has 0 bridgehead atoms. The van der Waals surface area contributed by atoms with Gasteiger partial charge < -0.3 is 5.32 Å². The first kappa shape index (κ1) is 9.71. The van der Waals surface area contributed by atoms with Crippen molar-refractivity contribution in [3.8, 4) is 0 Å². The lowest BCUT2D eigenvalue weighted by atomic mass is 9.92. The SMILES string of the molecule is C[C@]1(c2ccccc2)C=C(I)NC=N1. The van der Waals surface area contributed by atoms with Gasteiger partial charge in [-0.25, -0.2) is 0 Å². The van der Waals surface area contributed by atoms with Gasteiger partial charge in [0.1, 0.15) is 5.54 Å². The summed E-state index contributed by atoms with van der Waals surface area (Å²) in [5.74, 6) is 0. The molecule has 2 nitrogen and oxygen atoms in total. The highest BCUT2D eigenvalue weighted by Crippen LogP contribution is 2.30. The lowest BCUT2D eigenvalue weighted by Crippen LogP contribution is -2.25. The summed E-state index contributed by atoms with van der Waals surface area (Å²) < 4.78 is 1.11. The molecule has 2 rings (SSSR count). The van der Waals surface area contributed by atoms with Gasteiger partial charge in [-0.1, -0.05) is 30.3 Å². The fourth-order valence-electron chi connectivity index (χ4n) is 1.49. The Kier molecular flexibility index (Phi) is 2.58. The lowest BCUT2D eigenvalue weighted by molar-refractivity contribution is 0.622. The van der Waals surface area contributed by atoms with Crippen molar-refractivity contribution in [3.63, 3.8) is 0 Å². The van der Waals surface area contributed by atoms with E-state index in [1.807, 2.05) is 18.2 Å². The number of rotatable bonds is 1. The number of halogens is 1. The molecular formula is C11H11IN2. The van der Waals surface area contributed by atoms with Gasteiger partial charge in [-0.3, -0.25) is 4.99 Å². The van der Waals surface area contributed by atoms with Gasteiger partial charge >= 0.3 is 0 Å². The topological polar surface area (TPSA) is 24.4 Å². The average Bonchev–Trinajstić information content (AvgIpc) is 2.19. The van der Waals surface area contributed by atoms with Gasteiger partial charge in [-0.2, -0.15) is 0 Å². The van der Waals surface area contributed by atoms with Crippen molar-refractivity contribution in [1.82, 2.24) is 5.32 Å². The van der Waals surface area contributed by atoms with Crippen LogP contribution in [0.3, 0.4) is 0 Å².